The molecular formula is C15H21N5O. The number of hydrogen-bond acceptors (Lipinski definition) is 5. The summed E-state index contributed by atoms with van der Waals surface area (Å²) in [5, 5.41) is 4.28. The number of aromatic nitrogens is 4. The van der Waals surface area contributed by atoms with Crippen LogP contribution >= 0.6 is 0 Å². The second-order valence-corrected chi connectivity index (χ2v) is 5.52. The van der Waals surface area contributed by atoms with E-state index in [0.29, 0.717) is 11.9 Å². The summed E-state index contributed by atoms with van der Waals surface area (Å²) in [6, 6.07) is 4.57. The Morgan fingerprint density at radius 1 is 1.33 bits per heavy atom. The molecule has 6 heteroatoms. The lowest BCUT2D eigenvalue weighted by Gasteiger charge is -2.33. The highest BCUT2D eigenvalue weighted by atomic mass is 16.5. The zero-order valence-electron chi connectivity index (χ0n) is 12.8. The number of methoxy groups -OCH3 is 1. The molecule has 1 unspecified atom stereocenters. The topological polar surface area (TPSA) is 56.1 Å². The van der Waals surface area contributed by atoms with Crippen LogP contribution in [0.15, 0.2) is 18.3 Å². The molecule has 0 bridgehead atoms. The normalized spacial score (nSPS) is 18.8. The van der Waals surface area contributed by atoms with E-state index >= 15 is 0 Å². The van der Waals surface area contributed by atoms with E-state index in [-0.39, 0.29) is 0 Å². The Morgan fingerprint density at radius 2 is 2.19 bits per heavy atom. The van der Waals surface area contributed by atoms with Crippen molar-refractivity contribution in [2.45, 2.75) is 25.7 Å². The second-order valence-electron chi connectivity index (χ2n) is 5.52. The summed E-state index contributed by atoms with van der Waals surface area (Å²) in [4.78, 5) is 11.1. The van der Waals surface area contributed by atoms with Gasteiger partial charge in [-0.1, -0.05) is 0 Å². The van der Waals surface area contributed by atoms with Crippen LogP contribution in [0.2, 0.25) is 0 Å². The van der Waals surface area contributed by atoms with Gasteiger partial charge in [-0.05, 0) is 25.8 Å². The Kier molecular flexibility index (Phi) is 3.77. The van der Waals surface area contributed by atoms with Crippen molar-refractivity contribution in [2.75, 3.05) is 25.1 Å². The van der Waals surface area contributed by atoms with Crippen molar-refractivity contribution in [3.8, 4) is 6.01 Å². The number of ether oxygens (including phenoxy) is 1. The number of piperidine rings is 1. The lowest BCUT2D eigenvalue weighted by molar-refractivity contribution is 0.377. The van der Waals surface area contributed by atoms with Gasteiger partial charge in [0.25, 0.3) is 0 Å². The summed E-state index contributed by atoms with van der Waals surface area (Å²) in [6.45, 7) is 3.95. The molecule has 2 aromatic heterocycles. The van der Waals surface area contributed by atoms with Gasteiger partial charge in [-0.2, -0.15) is 10.1 Å². The van der Waals surface area contributed by atoms with Crippen molar-refractivity contribution < 1.29 is 4.74 Å². The molecule has 3 rings (SSSR count). The molecule has 0 N–H and O–H groups in total. The fraction of sp³-hybridized carbons (Fsp3) is 0.533. The average molecular weight is 287 g/mol. The Hall–Kier alpha value is -2.11. The maximum Gasteiger partial charge on any atom is 0.318 e. The maximum atomic E-state index is 5.18. The smallest absolute Gasteiger partial charge is 0.318 e. The number of aryl methyl sites for hydroxylation is 2. The third kappa shape index (κ3) is 2.84. The molecule has 3 heterocycles. The minimum Gasteiger partial charge on any atom is -0.467 e. The summed E-state index contributed by atoms with van der Waals surface area (Å²) in [7, 11) is 3.61. The van der Waals surface area contributed by atoms with Crippen molar-refractivity contribution in [1.29, 1.82) is 0 Å². The quantitative estimate of drug-likeness (QED) is 0.863. The number of nitrogens with zero attached hydrogens (tertiary/aromatic N) is 5. The fourth-order valence-electron chi connectivity index (χ4n) is 2.99. The zero-order chi connectivity index (χ0) is 14.8. The number of anilines is 1. The molecule has 1 fully saturated rings. The third-order valence-electron chi connectivity index (χ3n) is 4.03. The van der Waals surface area contributed by atoms with Crippen LogP contribution in [0.5, 0.6) is 6.01 Å². The van der Waals surface area contributed by atoms with Crippen LogP contribution in [0.25, 0.3) is 0 Å². The van der Waals surface area contributed by atoms with Crippen LogP contribution in [0.3, 0.4) is 0 Å². The average Bonchev–Trinajstić information content (AvgIpc) is 2.93. The molecule has 0 aliphatic carbocycles. The van der Waals surface area contributed by atoms with Crippen LogP contribution in [0.1, 0.15) is 30.1 Å². The van der Waals surface area contributed by atoms with E-state index in [1.54, 1.807) is 7.11 Å². The first-order chi connectivity index (χ1) is 10.2. The van der Waals surface area contributed by atoms with Gasteiger partial charge in [-0.15, -0.1) is 0 Å². The van der Waals surface area contributed by atoms with Gasteiger partial charge in [0.15, 0.2) is 0 Å². The van der Waals surface area contributed by atoms with Gasteiger partial charge < -0.3 is 9.64 Å². The summed E-state index contributed by atoms with van der Waals surface area (Å²) < 4.78 is 7.15. The van der Waals surface area contributed by atoms with E-state index in [0.717, 1.165) is 31.0 Å². The molecule has 0 amide bonds. The van der Waals surface area contributed by atoms with E-state index in [2.05, 4.69) is 26.0 Å². The lowest BCUT2D eigenvalue weighted by atomic mass is 9.94. The standard InChI is InChI=1S/C15H21N5O/c1-11-9-14(18-15(17-11)21-3)20-8-4-5-12(10-20)13-6-7-16-19(13)2/h6-7,9,12H,4-5,8,10H2,1-3H3. The SMILES string of the molecule is COc1nc(C)cc(N2CCCC(c3ccnn3C)C2)n1. The van der Waals surface area contributed by atoms with E-state index in [1.165, 1.54) is 12.1 Å². The molecule has 1 aliphatic heterocycles. The highest BCUT2D eigenvalue weighted by Crippen LogP contribution is 2.29. The molecule has 21 heavy (non-hydrogen) atoms. The summed E-state index contributed by atoms with van der Waals surface area (Å²) in [6.07, 6.45) is 4.21. The van der Waals surface area contributed by atoms with Gasteiger partial charge >= 0.3 is 6.01 Å². The van der Waals surface area contributed by atoms with Crippen molar-refractivity contribution in [1.82, 2.24) is 19.7 Å². The minimum absolute atomic E-state index is 0.438. The molecular weight excluding hydrogens is 266 g/mol. The summed E-state index contributed by atoms with van der Waals surface area (Å²) in [5.41, 5.74) is 2.22. The van der Waals surface area contributed by atoms with Gasteiger partial charge in [0, 0.05) is 49.7 Å². The van der Waals surface area contributed by atoms with Crippen LogP contribution in [-0.4, -0.2) is 39.9 Å². The molecule has 112 valence electrons. The highest BCUT2D eigenvalue weighted by molar-refractivity contribution is 5.42. The monoisotopic (exact) mass is 287 g/mol. The molecule has 6 nitrogen and oxygen atoms in total. The maximum absolute atomic E-state index is 5.18. The molecule has 1 saturated heterocycles. The molecule has 1 atom stereocenters. The van der Waals surface area contributed by atoms with Gasteiger partial charge in [-0.3, -0.25) is 4.68 Å². The fourth-order valence-corrected chi connectivity index (χ4v) is 2.99. The summed E-state index contributed by atoms with van der Waals surface area (Å²) in [5.74, 6) is 1.44. The van der Waals surface area contributed by atoms with Crippen LogP contribution in [0, 0.1) is 6.92 Å². The van der Waals surface area contributed by atoms with Crippen molar-refractivity contribution >= 4 is 5.82 Å². The second kappa shape index (κ2) is 5.71. The largest absolute Gasteiger partial charge is 0.467 e. The first-order valence-corrected chi connectivity index (χ1v) is 7.30. The molecule has 0 spiro atoms. The highest BCUT2D eigenvalue weighted by Gasteiger charge is 2.24. The Balaban J connectivity index is 1.83. The van der Waals surface area contributed by atoms with Crippen LogP contribution in [0.4, 0.5) is 5.82 Å². The van der Waals surface area contributed by atoms with Gasteiger partial charge in [0.1, 0.15) is 5.82 Å². The molecule has 1 aliphatic rings. The van der Waals surface area contributed by atoms with E-state index < -0.39 is 0 Å². The van der Waals surface area contributed by atoms with Crippen LogP contribution < -0.4 is 9.64 Å². The minimum atomic E-state index is 0.438. The first-order valence-electron chi connectivity index (χ1n) is 7.30. The van der Waals surface area contributed by atoms with Gasteiger partial charge in [-0.25, -0.2) is 4.98 Å². The van der Waals surface area contributed by atoms with Crippen LogP contribution in [-0.2, 0) is 7.05 Å². The van der Waals surface area contributed by atoms with Gasteiger partial charge in [0.05, 0.1) is 7.11 Å². The Morgan fingerprint density at radius 3 is 2.90 bits per heavy atom. The van der Waals surface area contributed by atoms with Gasteiger partial charge in [0.2, 0.25) is 0 Å². The molecule has 0 aromatic carbocycles. The lowest BCUT2D eigenvalue weighted by Crippen LogP contribution is -2.35. The molecule has 0 radical (unpaired) electrons. The number of hydrogen-bond donors (Lipinski definition) is 0. The first kappa shape index (κ1) is 13.9. The van der Waals surface area contributed by atoms with Crippen molar-refractivity contribution in [3.63, 3.8) is 0 Å². The predicted octanol–water partition coefficient (Wildman–Crippen LogP) is 1.91. The molecule has 0 saturated carbocycles. The summed E-state index contributed by atoms with van der Waals surface area (Å²) >= 11 is 0. The Labute approximate surface area is 124 Å². The predicted molar refractivity (Wildman–Crippen MR) is 80.7 cm³/mol. The van der Waals surface area contributed by atoms with E-state index in [4.69, 9.17) is 4.74 Å². The zero-order valence-corrected chi connectivity index (χ0v) is 12.8. The number of rotatable bonds is 3. The van der Waals surface area contributed by atoms with E-state index in [1.807, 2.05) is 30.9 Å². The third-order valence-corrected chi connectivity index (χ3v) is 4.03. The van der Waals surface area contributed by atoms with E-state index in [9.17, 15) is 0 Å². The van der Waals surface area contributed by atoms with Crippen molar-refractivity contribution in [2.24, 2.45) is 7.05 Å². The van der Waals surface area contributed by atoms with Crippen molar-refractivity contribution in [3.05, 3.63) is 29.7 Å². The molecule has 2 aromatic rings. The Bertz CT molecular complexity index is 624.